The van der Waals surface area contributed by atoms with Crippen molar-refractivity contribution in [3.63, 3.8) is 0 Å². The number of hydrogen-bond donors (Lipinski definition) is 2. The number of nitrogen functional groups attached to an aromatic ring is 1. The predicted octanol–water partition coefficient (Wildman–Crippen LogP) is 2.24. The molecular weight excluding hydrogens is 212 g/mol. The molecule has 0 bridgehead atoms. The number of nitrogens with one attached hydrogen (secondary N) is 1. The number of piperidine rings is 1. The van der Waals surface area contributed by atoms with Crippen molar-refractivity contribution in [1.29, 1.82) is 0 Å². The van der Waals surface area contributed by atoms with Gasteiger partial charge in [0.25, 0.3) is 0 Å². The second-order valence-electron chi connectivity index (χ2n) is 5.11. The van der Waals surface area contributed by atoms with E-state index >= 15 is 0 Å². The van der Waals surface area contributed by atoms with E-state index in [1.807, 2.05) is 6.07 Å². The van der Waals surface area contributed by atoms with E-state index in [2.05, 4.69) is 35.2 Å². The number of aromatic nitrogens is 1. The Hall–Kier alpha value is -1.29. The highest BCUT2D eigenvalue weighted by Gasteiger charge is 2.21. The van der Waals surface area contributed by atoms with E-state index < -0.39 is 0 Å². The summed E-state index contributed by atoms with van der Waals surface area (Å²) in [5, 5.41) is 0. The first-order valence-electron chi connectivity index (χ1n) is 6.38. The average Bonchev–Trinajstić information content (AvgIpc) is 2.39. The van der Waals surface area contributed by atoms with Crippen LogP contribution in [0.5, 0.6) is 0 Å². The van der Waals surface area contributed by atoms with Crippen LogP contribution in [0.1, 0.15) is 26.7 Å². The van der Waals surface area contributed by atoms with Crippen LogP contribution >= 0.6 is 0 Å². The van der Waals surface area contributed by atoms with E-state index in [0.717, 1.165) is 30.7 Å². The number of nitrogens with zero attached hydrogens (tertiary/aromatic N) is 2. The molecule has 94 valence electrons. The highest BCUT2D eigenvalue weighted by molar-refractivity contribution is 5.53. The fraction of sp³-hybridized carbons (Fsp3) is 0.615. The summed E-state index contributed by atoms with van der Waals surface area (Å²) >= 11 is 0. The molecule has 4 heteroatoms. The van der Waals surface area contributed by atoms with Crippen molar-refractivity contribution in [3.8, 4) is 0 Å². The van der Waals surface area contributed by atoms with Crippen LogP contribution in [0.25, 0.3) is 0 Å². The van der Waals surface area contributed by atoms with Crippen molar-refractivity contribution < 1.29 is 0 Å². The topological polar surface area (TPSA) is 54.2 Å². The van der Waals surface area contributed by atoms with E-state index in [1.165, 1.54) is 18.5 Å². The van der Waals surface area contributed by atoms with Crippen LogP contribution in [0.4, 0.5) is 11.5 Å². The maximum absolute atomic E-state index is 5.38. The van der Waals surface area contributed by atoms with Gasteiger partial charge in [-0.3, -0.25) is 0 Å². The van der Waals surface area contributed by atoms with Gasteiger partial charge in [0.2, 0.25) is 0 Å². The Morgan fingerprint density at radius 3 is 2.71 bits per heavy atom. The zero-order chi connectivity index (χ0) is 12.3. The maximum atomic E-state index is 5.38. The van der Waals surface area contributed by atoms with Gasteiger partial charge in [0.05, 0.1) is 0 Å². The van der Waals surface area contributed by atoms with E-state index in [0.29, 0.717) is 0 Å². The second-order valence-corrected chi connectivity index (χ2v) is 5.11. The van der Waals surface area contributed by atoms with Crippen molar-refractivity contribution in [2.24, 2.45) is 17.7 Å². The van der Waals surface area contributed by atoms with Crippen molar-refractivity contribution in [1.82, 2.24) is 4.98 Å². The standard InChI is InChI=1S/C13H22N4/c1-10(2)11-4-7-17(8-5-11)12-3-6-15-13(9-12)16-14/h3,6,9-11H,4-5,7-8,14H2,1-2H3,(H,15,16). The van der Waals surface area contributed by atoms with E-state index in [4.69, 9.17) is 5.84 Å². The lowest BCUT2D eigenvalue weighted by atomic mass is 9.86. The van der Waals surface area contributed by atoms with Crippen LogP contribution in [0, 0.1) is 11.8 Å². The van der Waals surface area contributed by atoms with Crippen molar-refractivity contribution in [3.05, 3.63) is 18.3 Å². The van der Waals surface area contributed by atoms with Gasteiger partial charge < -0.3 is 10.3 Å². The normalized spacial score (nSPS) is 17.5. The molecule has 0 atom stereocenters. The summed E-state index contributed by atoms with van der Waals surface area (Å²) in [7, 11) is 0. The molecule has 4 nitrogen and oxygen atoms in total. The molecule has 1 aromatic rings. The van der Waals surface area contributed by atoms with Gasteiger partial charge in [0.15, 0.2) is 0 Å². The van der Waals surface area contributed by atoms with Crippen molar-refractivity contribution >= 4 is 11.5 Å². The summed E-state index contributed by atoms with van der Waals surface area (Å²) in [6.07, 6.45) is 4.37. The summed E-state index contributed by atoms with van der Waals surface area (Å²) in [5.74, 6) is 7.79. The van der Waals surface area contributed by atoms with Crippen molar-refractivity contribution in [2.45, 2.75) is 26.7 Å². The summed E-state index contributed by atoms with van der Waals surface area (Å²) < 4.78 is 0. The molecule has 0 aromatic carbocycles. The number of anilines is 2. The molecule has 17 heavy (non-hydrogen) atoms. The molecule has 1 aliphatic heterocycles. The summed E-state index contributed by atoms with van der Waals surface area (Å²) in [6.45, 7) is 6.92. The number of nitrogens with two attached hydrogens (primary N) is 1. The van der Waals surface area contributed by atoms with Gasteiger partial charge in [-0.2, -0.15) is 0 Å². The molecule has 0 spiro atoms. The Labute approximate surface area is 103 Å². The first kappa shape index (κ1) is 12.2. The van der Waals surface area contributed by atoms with Gasteiger partial charge >= 0.3 is 0 Å². The minimum absolute atomic E-state index is 0.730. The summed E-state index contributed by atoms with van der Waals surface area (Å²) in [5.41, 5.74) is 3.81. The Balaban J connectivity index is 2.00. The minimum Gasteiger partial charge on any atom is -0.371 e. The van der Waals surface area contributed by atoms with Gasteiger partial charge in [-0.1, -0.05) is 13.8 Å². The predicted molar refractivity (Wildman–Crippen MR) is 71.8 cm³/mol. The molecule has 0 unspecified atom stereocenters. The van der Waals surface area contributed by atoms with Crippen LogP contribution < -0.4 is 16.2 Å². The zero-order valence-corrected chi connectivity index (χ0v) is 10.7. The minimum atomic E-state index is 0.730. The average molecular weight is 234 g/mol. The molecule has 0 amide bonds. The molecule has 3 N–H and O–H groups in total. The molecule has 1 saturated heterocycles. The molecule has 0 saturated carbocycles. The molecule has 1 aromatic heterocycles. The lowest BCUT2D eigenvalue weighted by Crippen LogP contribution is -2.35. The molecule has 0 aliphatic carbocycles. The third kappa shape index (κ3) is 2.88. The van der Waals surface area contributed by atoms with Crippen LogP contribution in [-0.2, 0) is 0 Å². The molecule has 2 heterocycles. The highest BCUT2D eigenvalue weighted by atomic mass is 15.3. The smallest absolute Gasteiger partial charge is 0.141 e. The Kier molecular flexibility index (Phi) is 3.84. The SMILES string of the molecule is CC(C)C1CCN(c2ccnc(NN)c2)CC1. The Morgan fingerprint density at radius 2 is 2.12 bits per heavy atom. The summed E-state index contributed by atoms with van der Waals surface area (Å²) in [6, 6.07) is 4.06. The molecule has 2 rings (SSSR count). The van der Waals surface area contributed by atoms with Gasteiger partial charge in [-0.25, -0.2) is 10.8 Å². The van der Waals surface area contributed by atoms with Gasteiger partial charge in [-0.05, 0) is 30.7 Å². The Bertz CT molecular complexity index is 356. The van der Waals surface area contributed by atoms with Gasteiger partial charge in [0.1, 0.15) is 5.82 Å². The van der Waals surface area contributed by atoms with Crippen LogP contribution in [0.2, 0.25) is 0 Å². The quantitative estimate of drug-likeness (QED) is 0.622. The van der Waals surface area contributed by atoms with Crippen LogP contribution in [-0.4, -0.2) is 18.1 Å². The van der Waals surface area contributed by atoms with Crippen LogP contribution in [0.3, 0.4) is 0 Å². The van der Waals surface area contributed by atoms with Gasteiger partial charge in [0, 0.05) is 31.0 Å². The van der Waals surface area contributed by atoms with Crippen LogP contribution in [0.15, 0.2) is 18.3 Å². The lowest BCUT2D eigenvalue weighted by molar-refractivity contribution is 0.311. The first-order chi connectivity index (χ1) is 8.20. The fourth-order valence-corrected chi connectivity index (χ4v) is 2.52. The maximum Gasteiger partial charge on any atom is 0.141 e. The monoisotopic (exact) mass is 234 g/mol. The third-order valence-electron chi connectivity index (χ3n) is 3.74. The van der Waals surface area contributed by atoms with E-state index in [-0.39, 0.29) is 0 Å². The van der Waals surface area contributed by atoms with Gasteiger partial charge in [-0.15, -0.1) is 0 Å². The molecule has 1 aliphatic rings. The van der Waals surface area contributed by atoms with Crippen molar-refractivity contribution in [2.75, 3.05) is 23.4 Å². The number of rotatable bonds is 3. The van der Waals surface area contributed by atoms with E-state index in [9.17, 15) is 0 Å². The Morgan fingerprint density at radius 1 is 1.41 bits per heavy atom. The second kappa shape index (κ2) is 5.36. The highest BCUT2D eigenvalue weighted by Crippen LogP contribution is 2.28. The third-order valence-corrected chi connectivity index (χ3v) is 3.74. The first-order valence-corrected chi connectivity index (χ1v) is 6.38. The lowest BCUT2D eigenvalue weighted by Gasteiger charge is -2.35. The number of hydrazine groups is 1. The summed E-state index contributed by atoms with van der Waals surface area (Å²) in [4.78, 5) is 6.55. The number of pyridine rings is 1. The molecule has 1 fully saturated rings. The fourth-order valence-electron chi connectivity index (χ4n) is 2.52. The largest absolute Gasteiger partial charge is 0.371 e. The molecular formula is C13H22N4. The zero-order valence-electron chi connectivity index (χ0n) is 10.7. The number of hydrogen-bond acceptors (Lipinski definition) is 4. The molecule has 0 radical (unpaired) electrons. The van der Waals surface area contributed by atoms with E-state index in [1.54, 1.807) is 6.20 Å².